The molecule has 1 amide bonds. The largest absolute Gasteiger partial charge is 0.322 e. The molecule has 2 rings (SSSR count). The van der Waals surface area contributed by atoms with Crippen molar-refractivity contribution >= 4 is 33.2 Å². The number of amides is 1. The Morgan fingerprint density at radius 2 is 1.80 bits per heavy atom. The minimum Gasteiger partial charge on any atom is -0.322 e. The van der Waals surface area contributed by atoms with Crippen LogP contribution in [0.25, 0.3) is 0 Å². The highest BCUT2D eigenvalue weighted by atomic mass is 35.5. The van der Waals surface area contributed by atoms with Gasteiger partial charge in [0.05, 0.1) is 4.90 Å². The van der Waals surface area contributed by atoms with Gasteiger partial charge in [-0.05, 0) is 62.2 Å². The predicted octanol–water partition coefficient (Wildman–Crippen LogP) is 3.98. The Morgan fingerprint density at radius 1 is 1.16 bits per heavy atom. The van der Waals surface area contributed by atoms with Crippen LogP contribution in [-0.2, 0) is 10.0 Å². The first-order chi connectivity index (χ1) is 11.7. The van der Waals surface area contributed by atoms with Crippen LogP contribution in [0.3, 0.4) is 0 Å². The molecule has 134 valence electrons. The lowest BCUT2D eigenvalue weighted by Gasteiger charge is -2.12. The molecule has 5 nitrogen and oxygen atoms in total. The zero-order valence-electron chi connectivity index (χ0n) is 14.3. The van der Waals surface area contributed by atoms with Crippen LogP contribution >= 0.6 is 11.6 Å². The molecule has 0 saturated heterocycles. The van der Waals surface area contributed by atoms with E-state index in [0.717, 1.165) is 5.56 Å². The first kappa shape index (κ1) is 19.4. The second-order valence-electron chi connectivity index (χ2n) is 5.87. The Labute approximate surface area is 153 Å². The van der Waals surface area contributed by atoms with Crippen LogP contribution < -0.4 is 10.0 Å². The van der Waals surface area contributed by atoms with Gasteiger partial charge in [0.2, 0.25) is 10.0 Å². The lowest BCUT2D eigenvalue weighted by atomic mass is 10.2. The number of rotatable bonds is 6. The maximum atomic E-state index is 12.3. The second-order valence-corrected chi connectivity index (χ2v) is 7.99. The number of anilines is 1. The summed E-state index contributed by atoms with van der Waals surface area (Å²) in [5.74, 6) is -0.334. The summed E-state index contributed by atoms with van der Waals surface area (Å²) in [5.41, 5.74) is 1.86. The quantitative estimate of drug-likeness (QED) is 0.795. The number of aryl methyl sites for hydroxylation is 1. The number of nitrogens with one attached hydrogen (secondary N) is 2. The van der Waals surface area contributed by atoms with E-state index in [1.54, 1.807) is 19.1 Å². The molecule has 0 bridgehead atoms. The zero-order valence-corrected chi connectivity index (χ0v) is 15.9. The number of halogens is 1. The molecule has 2 aromatic carbocycles. The molecule has 0 radical (unpaired) electrons. The summed E-state index contributed by atoms with van der Waals surface area (Å²) in [6.07, 6.45) is 0.693. The third-order valence-electron chi connectivity index (χ3n) is 3.83. The molecule has 0 heterocycles. The highest BCUT2D eigenvalue weighted by molar-refractivity contribution is 7.89. The molecule has 0 fully saturated rings. The van der Waals surface area contributed by atoms with Gasteiger partial charge >= 0.3 is 0 Å². The molecule has 0 saturated carbocycles. The first-order valence-corrected chi connectivity index (χ1v) is 9.79. The average Bonchev–Trinajstić information content (AvgIpc) is 2.57. The van der Waals surface area contributed by atoms with Crippen molar-refractivity contribution in [1.29, 1.82) is 0 Å². The Morgan fingerprint density at radius 3 is 2.36 bits per heavy atom. The first-order valence-electron chi connectivity index (χ1n) is 7.93. The van der Waals surface area contributed by atoms with Crippen molar-refractivity contribution in [3.63, 3.8) is 0 Å². The van der Waals surface area contributed by atoms with Gasteiger partial charge in [-0.2, -0.15) is 0 Å². The Hall–Kier alpha value is -1.89. The minimum absolute atomic E-state index is 0.128. The Kier molecular flexibility index (Phi) is 6.21. The molecule has 25 heavy (non-hydrogen) atoms. The molecule has 0 aliphatic carbocycles. The van der Waals surface area contributed by atoms with Gasteiger partial charge in [-0.25, -0.2) is 13.1 Å². The number of sulfonamides is 1. The molecule has 7 heteroatoms. The van der Waals surface area contributed by atoms with Gasteiger partial charge in [0.15, 0.2) is 0 Å². The third kappa shape index (κ3) is 5.04. The predicted molar refractivity (Wildman–Crippen MR) is 101 cm³/mol. The van der Waals surface area contributed by atoms with E-state index in [1.165, 1.54) is 24.3 Å². The van der Waals surface area contributed by atoms with E-state index in [-0.39, 0.29) is 16.8 Å². The van der Waals surface area contributed by atoms with Gasteiger partial charge in [-0.1, -0.05) is 24.6 Å². The molecular formula is C18H21ClN2O3S. The summed E-state index contributed by atoms with van der Waals surface area (Å²) < 4.78 is 27.0. The monoisotopic (exact) mass is 380 g/mol. The highest BCUT2D eigenvalue weighted by Crippen LogP contribution is 2.21. The number of carbonyl (C=O) groups is 1. The van der Waals surface area contributed by atoms with Crippen LogP contribution in [0, 0.1) is 6.92 Å². The lowest BCUT2D eigenvalue weighted by molar-refractivity contribution is 0.102. The number of hydrogen-bond donors (Lipinski definition) is 2. The standard InChI is InChI=1S/C18H21ClN2O3S/c1-4-13(3)21-25(23,24)16-9-6-14(7-10-16)18(22)20-15-8-5-12(2)17(19)11-15/h5-11,13,21H,4H2,1-3H3,(H,20,22)/t13-/m1/s1. The maximum Gasteiger partial charge on any atom is 0.255 e. The van der Waals surface area contributed by atoms with E-state index in [1.807, 2.05) is 19.9 Å². The molecule has 0 spiro atoms. The van der Waals surface area contributed by atoms with Crippen molar-refractivity contribution in [1.82, 2.24) is 4.72 Å². The normalized spacial score (nSPS) is 12.6. The highest BCUT2D eigenvalue weighted by Gasteiger charge is 2.17. The Bertz CT molecular complexity index is 864. The molecule has 1 atom stereocenters. The van der Waals surface area contributed by atoms with Crippen LogP contribution in [0.1, 0.15) is 36.2 Å². The molecule has 0 aliphatic rings. The van der Waals surface area contributed by atoms with E-state index < -0.39 is 10.0 Å². The minimum atomic E-state index is -3.58. The SMILES string of the molecule is CC[C@@H](C)NS(=O)(=O)c1ccc(C(=O)Nc2ccc(C)c(Cl)c2)cc1. The molecule has 0 aliphatic heterocycles. The van der Waals surface area contributed by atoms with Crippen molar-refractivity contribution in [3.8, 4) is 0 Å². The van der Waals surface area contributed by atoms with Gasteiger partial charge in [-0.15, -0.1) is 0 Å². The topological polar surface area (TPSA) is 75.3 Å². The van der Waals surface area contributed by atoms with Gasteiger partial charge in [0, 0.05) is 22.3 Å². The summed E-state index contributed by atoms with van der Waals surface area (Å²) >= 11 is 6.04. The van der Waals surface area contributed by atoms with E-state index in [4.69, 9.17) is 11.6 Å². The summed E-state index contributed by atoms with van der Waals surface area (Å²) in [6.45, 7) is 5.57. The number of benzene rings is 2. The zero-order chi connectivity index (χ0) is 18.6. The van der Waals surface area contributed by atoms with Gasteiger partial charge in [-0.3, -0.25) is 4.79 Å². The van der Waals surface area contributed by atoms with Crippen LogP contribution in [0.4, 0.5) is 5.69 Å². The van der Waals surface area contributed by atoms with Crippen LogP contribution in [0.2, 0.25) is 5.02 Å². The van der Waals surface area contributed by atoms with Crippen LogP contribution in [0.5, 0.6) is 0 Å². The fraction of sp³-hybridized carbons (Fsp3) is 0.278. The van der Waals surface area contributed by atoms with E-state index in [9.17, 15) is 13.2 Å². The summed E-state index contributed by atoms with van der Waals surface area (Å²) in [6, 6.07) is 10.9. The summed E-state index contributed by atoms with van der Waals surface area (Å²) in [4.78, 5) is 12.4. The third-order valence-corrected chi connectivity index (χ3v) is 5.84. The molecule has 0 aromatic heterocycles. The van der Waals surface area contributed by atoms with Crippen molar-refractivity contribution in [2.45, 2.75) is 38.1 Å². The van der Waals surface area contributed by atoms with Gasteiger partial charge in [0.1, 0.15) is 0 Å². The van der Waals surface area contributed by atoms with Crippen molar-refractivity contribution < 1.29 is 13.2 Å². The smallest absolute Gasteiger partial charge is 0.255 e. The van der Waals surface area contributed by atoms with Crippen molar-refractivity contribution in [2.24, 2.45) is 0 Å². The Balaban J connectivity index is 2.13. The van der Waals surface area contributed by atoms with Gasteiger partial charge in [0.25, 0.3) is 5.91 Å². The molecule has 2 N–H and O–H groups in total. The fourth-order valence-corrected chi connectivity index (χ4v) is 3.58. The van der Waals surface area contributed by atoms with E-state index >= 15 is 0 Å². The van der Waals surface area contributed by atoms with Gasteiger partial charge < -0.3 is 5.32 Å². The average molecular weight is 381 g/mol. The molecular weight excluding hydrogens is 360 g/mol. The van der Waals surface area contributed by atoms with Crippen molar-refractivity contribution in [2.75, 3.05) is 5.32 Å². The van der Waals surface area contributed by atoms with E-state index in [0.29, 0.717) is 22.7 Å². The number of hydrogen-bond acceptors (Lipinski definition) is 3. The number of carbonyl (C=O) groups excluding carboxylic acids is 1. The van der Waals surface area contributed by atoms with Crippen LogP contribution in [-0.4, -0.2) is 20.4 Å². The fourth-order valence-electron chi connectivity index (χ4n) is 2.08. The van der Waals surface area contributed by atoms with Crippen LogP contribution in [0.15, 0.2) is 47.4 Å². The lowest BCUT2D eigenvalue weighted by Crippen LogP contribution is -2.32. The summed E-state index contributed by atoms with van der Waals surface area (Å²) in [5, 5.41) is 3.30. The molecule has 2 aromatic rings. The summed E-state index contributed by atoms with van der Waals surface area (Å²) in [7, 11) is -3.58. The van der Waals surface area contributed by atoms with E-state index in [2.05, 4.69) is 10.0 Å². The second kappa shape index (κ2) is 7.99. The molecule has 0 unspecified atom stereocenters. The van der Waals surface area contributed by atoms with Crippen molar-refractivity contribution in [3.05, 3.63) is 58.6 Å². The maximum absolute atomic E-state index is 12.3.